The Balaban J connectivity index is 1.23. The fourth-order valence-electron chi connectivity index (χ4n) is 8.61. The van der Waals surface area contributed by atoms with E-state index in [1.807, 2.05) is 12.1 Å². The average Bonchev–Trinajstić information content (AvgIpc) is 3.91. The Bertz CT molecular complexity index is 3470. The van der Waals surface area contributed by atoms with Gasteiger partial charge in [-0.1, -0.05) is 133 Å². The maximum atomic E-state index is 6.63. The van der Waals surface area contributed by atoms with E-state index in [9.17, 15) is 0 Å². The van der Waals surface area contributed by atoms with Crippen LogP contribution in [0.5, 0.6) is 0 Å². The summed E-state index contributed by atoms with van der Waals surface area (Å²) in [6, 6.07) is 64.1. The smallest absolute Gasteiger partial charge is 0.235 e. The van der Waals surface area contributed by atoms with Gasteiger partial charge in [0.15, 0.2) is 0 Å². The molecule has 0 aliphatic heterocycles. The van der Waals surface area contributed by atoms with Crippen LogP contribution in [0.15, 0.2) is 186 Å². The highest BCUT2D eigenvalue weighted by Crippen LogP contribution is 2.43. The quantitative estimate of drug-likeness (QED) is 0.183. The van der Waals surface area contributed by atoms with Crippen LogP contribution in [0, 0.1) is 0 Å². The Kier molecular flexibility index (Phi) is 6.27. The summed E-state index contributed by atoms with van der Waals surface area (Å²) >= 11 is 0. The third-order valence-electron chi connectivity index (χ3n) is 11.1. The third kappa shape index (κ3) is 4.41. The molecule has 12 rings (SSSR count). The van der Waals surface area contributed by atoms with E-state index in [-0.39, 0.29) is 0 Å². The first-order valence-corrected chi connectivity index (χ1v) is 18.6. The molecule has 0 amide bonds. The second-order valence-corrected chi connectivity index (χ2v) is 14.2. The van der Waals surface area contributed by atoms with Crippen LogP contribution in [-0.4, -0.2) is 19.1 Å². The van der Waals surface area contributed by atoms with Crippen LogP contribution < -0.4 is 0 Å². The number of hydrogen-bond donors (Lipinski definition) is 0. The molecule has 4 aromatic heterocycles. The molecule has 0 atom stereocenters. The van der Waals surface area contributed by atoms with Gasteiger partial charge in [-0.15, -0.1) is 0 Å². The Labute approximate surface area is 315 Å². The van der Waals surface area contributed by atoms with Gasteiger partial charge < -0.3 is 8.98 Å². The first-order valence-electron chi connectivity index (χ1n) is 18.6. The summed E-state index contributed by atoms with van der Waals surface area (Å²) < 4.78 is 11.2. The fourth-order valence-corrected chi connectivity index (χ4v) is 8.61. The van der Waals surface area contributed by atoms with Crippen molar-refractivity contribution in [3.8, 4) is 34.0 Å². The van der Waals surface area contributed by atoms with Gasteiger partial charge >= 0.3 is 0 Å². The number of nitrogens with zero attached hydrogens (tertiary/aromatic N) is 4. The Morgan fingerprint density at radius 3 is 1.89 bits per heavy atom. The van der Waals surface area contributed by atoms with Crippen LogP contribution in [0.4, 0.5) is 0 Å². The number of hydrogen-bond acceptors (Lipinski definition) is 3. The molecule has 0 bridgehead atoms. The minimum Gasteiger partial charge on any atom is -0.455 e. The van der Waals surface area contributed by atoms with Crippen molar-refractivity contribution in [3.05, 3.63) is 182 Å². The molecule has 0 radical (unpaired) electrons. The highest BCUT2D eigenvalue weighted by molar-refractivity contribution is 6.24. The van der Waals surface area contributed by atoms with Gasteiger partial charge in [0, 0.05) is 32.8 Å². The molecule has 5 nitrogen and oxygen atoms in total. The first-order chi connectivity index (χ1) is 27.3. The van der Waals surface area contributed by atoms with E-state index in [2.05, 4.69) is 179 Å². The van der Waals surface area contributed by atoms with Gasteiger partial charge in [0.05, 0.1) is 27.5 Å². The third-order valence-corrected chi connectivity index (χ3v) is 11.1. The molecule has 5 heteroatoms. The monoisotopic (exact) mass is 702 g/mol. The van der Waals surface area contributed by atoms with Gasteiger partial charge in [0.25, 0.3) is 0 Å². The largest absolute Gasteiger partial charge is 0.455 e. The van der Waals surface area contributed by atoms with E-state index in [1.165, 1.54) is 16.3 Å². The summed E-state index contributed by atoms with van der Waals surface area (Å²) in [7, 11) is 0. The lowest BCUT2D eigenvalue weighted by Gasteiger charge is -2.14. The van der Waals surface area contributed by atoms with Crippen molar-refractivity contribution >= 4 is 76.5 Å². The second kappa shape index (κ2) is 11.5. The van der Waals surface area contributed by atoms with E-state index in [0.717, 1.165) is 88.2 Å². The summed E-state index contributed by atoms with van der Waals surface area (Å²) in [6.45, 7) is 0. The van der Waals surface area contributed by atoms with Crippen molar-refractivity contribution in [1.82, 2.24) is 19.1 Å². The zero-order valence-electron chi connectivity index (χ0n) is 29.5. The zero-order valence-corrected chi connectivity index (χ0v) is 29.5. The van der Waals surface area contributed by atoms with Crippen molar-refractivity contribution in [2.45, 2.75) is 0 Å². The molecule has 0 aliphatic rings. The lowest BCUT2D eigenvalue weighted by molar-refractivity contribution is 0.673. The first kappa shape index (κ1) is 30.0. The lowest BCUT2D eigenvalue weighted by Crippen LogP contribution is -2.05. The van der Waals surface area contributed by atoms with Crippen molar-refractivity contribution < 1.29 is 4.42 Å². The molecule has 256 valence electrons. The summed E-state index contributed by atoms with van der Waals surface area (Å²) in [5.74, 6) is 0.608. The molecular formula is C50H30N4O. The van der Waals surface area contributed by atoms with Gasteiger partial charge in [-0.3, -0.25) is 4.57 Å². The number of aromatic nitrogens is 4. The van der Waals surface area contributed by atoms with E-state index >= 15 is 0 Å². The van der Waals surface area contributed by atoms with Gasteiger partial charge in [-0.2, -0.15) is 0 Å². The van der Waals surface area contributed by atoms with Crippen LogP contribution in [0.2, 0.25) is 0 Å². The topological polar surface area (TPSA) is 48.8 Å². The molecule has 0 spiro atoms. The van der Waals surface area contributed by atoms with Gasteiger partial charge in [-0.25, -0.2) is 9.97 Å². The Hall–Kier alpha value is -7.50. The van der Waals surface area contributed by atoms with Crippen LogP contribution in [-0.2, 0) is 0 Å². The van der Waals surface area contributed by atoms with Gasteiger partial charge in [-0.05, 0) is 70.4 Å². The van der Waals surface area contributed by atoms with Gasteiger partial charge in [0.2, 0.25) is 5.95 Å². The predicted octanol–water partition coefficient (Wildman–Crippen LogP) is 13.1. The SMILES string of the molecule is c1ccc(-c2ccc(-c3nc(-n4c5ccccc5c5c6oc7ccccc7c6ccc54)nc4c5cc6ccccc6cc5n(-c5ccccc5)c34)cc2)cc1. The van der Waals surface area contributed by atoms with Crippen LogP contribution in [0.3, 0.4) is 0 Å². The number of para-hydroxylation sites is 3. The summed E-state index contributed by atoms with van der Waals surface area (Å²) in [5, 5.41) is 7.77. The van der Waals surface area contributed by atoms with E-state index in [4.69, 9.17) is 14.4 Å². The molecule has 0 saturated carbocycles. The predicted molar refractivity (Wildman–Crippen MR) is 226 cm³/mol. The molecule has 0 N–H and O–H groups in total. The molecule has 0 saturated heterocycles. The molecule has 0 aliphatic carbocycles. The van der Waals surface area contributed by atoms with Crippen LogP contribution in [0.1, 0.15) is 0 Å². The summed E-state index contributed by atoms with van der Waals surface area (Å²) in [5.41, 5.74) is 12.0. The standard InChI is InChI=1S/C50H30N4O/c1-3-13-31(14-4-1)32-23-25-33(26-24-32)46-48-47(40-29-34-15-7-8-16-35(34)30-43(40)53(48)36-17-5-2-6-18-36)52-50(51-46)54-41-21-11-9-20-39(41)45-42(54)28-27-38-37-19-10-12-22-44(37)55-49(38)45/h1-30H. The summed E-state index contributed by atoms with van der Waals surface area (Å²) in [6.07, 6.45) is 0. The molecule has 4 heterocycles. The highest BCUT2D eigenvalue weighted by Gasteiger charge is 2.25. The number of rotatable bonds is 4. The van der Waals surface area contributed by atoms with Crippen molar-refractivity contribution in [2.75, 3.05) is 0 Å². The minimum atomic E-state index is 0.608. The Morgan fingerprint density at radius 2 is 1.07 bits per heavy atom. The Morgan fingerprint density at radius 1 is 0.418 bits per heavy atom. The van der Waals surface area contributed by atoms with E-state index in [1.54, 1.807) is 0 Å². The minimum absolute atomic E-state index is 0.608. The number of furan rings is 1. The van der Waals surface area contributed by atoms with Crippen LogP contribution in [0.25, 0.3) is 110 Å². The van der Waals surface area contributed by atoms with Gasteiger partial charge in [0.1, 0.15) is 22.4 Å². The normalized spacial score (nSPS) is 12.0. The van der Waals surface area contributed by atoms with Crippen molar-refractivity contribution in [3.63, 3.8) is 0 Å². The fraction of sp³-hybridized carbons (Fsp3) is 0. The molecular weight excluding hydrogens is 673 g/mol. The molecule has 0 fully saturated rings. The van der Waals surface area contributed by atoms with E-state index in [0.29, 0.717) is 5.95 Å². The highest BCUT2D eigenvalue weighted by atomic mass is 16.3. The summed E-state index contributed by atoms with van der Waals surface area (Å²) in [4.78, 5) is 11.2. The zero-order chi connectivity index (χ0) is 36.0. The molecule has 55 heavy (non-hydrogen) atoms. The number of benzene rings is 8. The second-order valence-electron chi connectivity index (χ2n) is 14.2. The molecule has 8 aromatic carbocycles. The van der Waals surface area contributed by atoms with Crippen LogP contribution >= 0.6 is 0 Å². The molecule has 12 aromatic rings. The van der Waals surface area contributed by atoms with E-state index < -0.39 is 0 Å². The van der Waals surface area contributed by atoms with Crippen molar-refractivity contribution in [2.24, 2.45) is 0 Å². The molecule has 0 unspecified atom stereocenters. The lowest BCUT2D eigenvalue weighted by atomic mass is 10.0. The van der Waals surface area contributed by atoms with Crippen molar-refractivity contribution in [1.29, 1.82) is 0 Å². The number of fused-ring (bicyclic) bond motifs is 11. The average molecular weight is 703 g/mol. The maximum absolute atomic E-state index is 6.63. The maximum Gasteiger partial charge on any atom is 0.235 e.